The lowest BCUT2D eigenvalue weighted by Gasteiger charge is -2.30. The van der Waals surface area contributed by atoms with E-state index in [2.05, 4.69) is 27.1 Å². The van der Waals surface area contributed by atoms with Gasteiger partial charge in [-0.05, 0) is 34.1 Å². The van der Waals surface area contributed by atoms with Crippen molar-refractivity contribution in [1.29, 1.82) is 0 Å². The van der Waals surface area contributed by atoms with E-state index < -0.39 is 5.60 Å². The fourth-order valence-electron chi connectivity index (χ4n) is 3.88. The molecule has 1 atom stereocenters. The number of aromatic nitrogens is 4. The van der Waals surface area contributed by atoms with Crippen molar-refractivity contribution in [2.45, 2.75) is 45.3 Å². The van der Waals surface area contributed by atoms with Crippen LogP contribution in [0.3, 0.4) is 0 Å². The lowest BCUT2D eigenvalue weighted by molar-refractivity contribution is 0.0287. The number of ether oxygens (including phenoxy) is 2. The molecule has 2 aromatic rings. The van der Waals surface area contributed by atoms with Crippen LogP contribution in [0.5, 0.6) is 0 Å². The van der Waals surface area contributed by atoms with Gasteiger partial charge in [0.15, 0.2) is 0 Å². The summed E-state index contributed by atoms with van der Waals surface area (Å²) in [5, 5.41) is 3.54. The molecule has 0 spiro atoms. The number of nitrogens with one attached hydrogen (secondary N) is 1. The fourth-order valence-corrected chi connectivity index (χ4v) is 3.88. The number of nitrogens with two attached hydrogens (primary N) is 1. The van der Waals surface area contributed by atoms with Crippen molar-refractivity contribution < 1.29 is 14.3 Å². The quantitative estimate of drug-likeness (QED) is 0.705. The van der Waals surface area contributed by atoms with Gasteiger partial charge in [-0.1, -0.05) is 0 Å². The average Bonchev–Trinajstić information content (AvgIpc) is 3.15. The SMILES string of the molecule is CC(C)(C)OC(=O)N1CC[C@](C)(Nc2cc(-c3cnc(N)nc3)nc(N3CCOCC3)n2)C1. The first-order chi connectivity index (χ1) is 15.6. The Morgan fingerprint density at radius 3 is 2.55 bits per heavy atom. The summed E-state index contributed by atoms with van der Waals surface area (Å²) in [6, 6.07) is 1.88. The highest BCUT2D eigenvalue weighted by Gasteiger charge is 2.38. The third-order valence-electron chi connectivity index (χ3n) is 5.53. The van der Waals surface area contributed by atoms with Crippen LogP contribution in [0.25, 0.3) is 11.3 Å². The molecule has 0 aliphatic carbocycles. The van der Waals surface area contributed by atoms with Crippen LogP contribution >= 0.6 is 0 Å². The van der Waals surface area contributed by atoms with Gasteiger partial charge >= 0.3 is 6.09 Å². The van der Waals surface area contributed by atoms with Crippen molar-refractivity contribution >= 4 is 23.8 Å². The minimum atomic E-state index is -0.529. The molecule has 3 N–H and O–H groups in total. The second-order valence-corrected chi connectivity index (χ2v) is 9.71. The lowest BCUT2D eigenvalue weighted by atomic mass is 10.0. The molecule has 11 heteroatoms. The van der Waals surface area contributed by atoms with Crippen LogP contribution in [-0.2, 0) is 9.47 Å². The first kappa shape index (κ1) is 23.0. The summed E-state index contributed by atoms with van der Waals surface area (Å²) in [7, 11) is 0. The van der Waals surface area contributed by atoms with Crippen molar-refractivity contribution in [3.63, 3.8) is 0 Å². The molecular formula is C22H32N8O3. The molecule has 178 valence electrons. The minimum absolute atomic E-state index is 0.209. The van der Waals surface area contributed by atoms with Crippen molar-refractivity contribution in [2.75, 3.05) is 55.3 Å². The number of hydrogen-bond acceptors (Lipinski definition) is 10. The minimum Gasteiger partial charge on any atom is -0.444 e. The van der Waals surface area contributed by atoms with Crippen LogP contribution in [0.2, 0.25) is 0 Å². The Labute approximate surface area is 193 Å². The molecule has 2 aliphatic rings. The van der Waals surface area contributed by atoms with Gasteiger partial charge in [-0.3, -0.25) is 0 Å². The van der Waals surface area contributed by atoms with E-state index in [9.17, 15) is 4.79 Å². The molecule has 0 radical (unpaired) electrons. The van der Waals surface area contributed by atoms with Gasteiger partial charge in [0.2, 0.25) is 11.9 Å². The smallest absolute Gasteiger partial charge is 0.410 e. The molecule has 0 saturated carbocycles. The zero-order chi connectivity index (χ0) is 23.6. The van der Waals surface area contributed by atoms with Gasteiger partial charge in [-0.15, -0.1) is 0 Å². The van der Waals surface area contributed by atoms with E-state index >= 15 is 0 Å². The molecule has 0 aromatic carbocycles. The summed E-state index contributed by atoms with van der Waals surface area (Å²) < 4.78 is 11.0. The molecule has 11 nitrogen and oxygen atoms in total. The molecule has 0 unspecified atom stereocenters. The topological polar surface area (TPSA) is 132 Å². The number of morpholine rings is 1. The maximum atomic E-state index is 12.5. The zero-order valence-corrected chi connectivity index (χ0v) is 19.7. The Balaban J connectivity index is 1.58. The van der Waals surface area contributed by atoms with E-state index in [1.165, 1.54) is 0 Å². The Kier molecular flexibility index (Phi) is 6.24. The van der Waals surface area contributed by atoms with E-state index in [0.29, 0.717) is 56.9 Å². The standard InChI is InChI=1S/C22H32N8O3/c1-21(2,3)33-20(31)30-6-5-22(4,14-30)28-17-11-16(15-12-24-18(23)25-13-15)26-19(27-17)29-7-9-32-10-8-29/h11-13H,5-10,14H2,1-4H3,(H2,23,24,25)(H,26,27,28)/t22-/m0/s1. The van der Waals surface area contributed by atoms with Gasteiger partial charge in [0.05, 0.1) is 24.4 Å². The van der Waals surface area contributed by atoms with Crippen molar-refractivity contribution in [1.82, 2.24) is 24.8 Å². The molecule has 4 heterocycles. The summed E-state index contributed by atoms with van der Waals surface area (Å²) in [5.41, 5.74) is 6.20. The normalized spacial score (nSPS) is 21.2. The monoisotopic (exact) mass is 456 g/mol. The van der Waals surface area contributed by atoms with Gasteiger partial charge in [0, 0.05) is 50.2 Å². The van der Waals surface area contributed by atoms with Gasteiger partial charge < -0.3 is 30.3 Å². The molecule has 4 rings (SSSR count). The van der Waals surface area contributed by atoms with Crippen LogP contribution < -0.4 is 16.0 Å². The van der Waals surface area contributed by atoms with Crippen LogP contribution in [0.1, 0.15) is 34.1 Å². The highest BCUT2D eigenvalue weighted by molar-refractivity contribution is 5.69. The number of carbonyl (C=O) groups is 1. The Morgan fingerprint density at radius 2 is 1.88 bits per heavy atom. The lowest BCUT2D eigenvalue weighted by Crippen LogP contribution is -2.42. The predicted octanol–water partition coefficient (Wildman–Crippen LogP) is 2.16. The molecule has 33 heavy (non-hydrogen) atoms. The number of amides is 1. The maximum absolute atomic E-state index is 12.5. The number of likely N-dealkylation sites (tertiary alicyclic amines) is 1. The van der Waals surface area contributed by atoms with Gasteiger partial charge in [0.1, 0.15) is 11.4 Å². The third kappa shape index (κ3) is 5.78. The third-order valence-corrected chi connectivity index (χ3v) is 5.53. The Morgan fingerprint density at radius 1 is 1.18 bits per heavy atom. The van der Waals surface area contributed by atoms with Crippen molar-refractivity contribution in [3.8, 4) is 11.3 Å². The highest BCUT2D eigenvalue weighted by Crippen LogP contribution is 2.29. The van der Waals surface area contributed by atoms with Gasteiger partial charge in [-0.2, -0.15) is 4.98 Å². The van der Waals surface area contributed by atoms with E-state index in [1.807, 2.05) is 26.8 Å². The van der Waals surface area contributed by atoms with Crippen LogP contribution in [-0.4, -0.2) is 81.5 Å². The second-order valence-electron chi connectivity index (χ2n) is 9.71. The summed E-state index contributed by atoms with van der Waals surface area (Å²) in [4.78, 5) is 34.1. The van der Waals surface area contributed by atoms with Crippen LogP contribution in [0, 0.1) is 0 Å². The highest BCUT2D eigenvalue weighted by atomic mass is 16.6. The van der Waals surface area contributed by atoms with Crippen LogP contribution in [0.15, 0.2) is 18.5 Å². The maximum Gasteiger partial charge on any atom is 0.410 e. The summed E-state index contributed by atoms with van der Waals surface area (Å²) in [6.45, 7) is 11.5. The van der Waals surface area contributed by atoms with E-state index in [-0.39, 0.29) is 17.6 Å². The Bertz CT molecular complexity index is 988. The number of nitrogen functional groups attached to an aromatic ring is 1. The number of rotatable bonds is 4. The van der Waals surface area contributed by atoms with Crippen LogP contribution in [0.4, 0.5) is 22.5 Å². The molecular weight excluding hydrogens is 424 g/mol. The average molecular weight is 457 g/mol. The summed E-state index contributed by atoms with van der Waals surface area (Å²) in [5.74, 6) is 1.49. The predicted molar refractivity (Wildman–Crippen MR) is 125 cm³/mol. The van der Waals surface area contributed by atoms with E-state index in [0.717, 1.165) is 12.0 Å². The molecule has 2 aliphatic heterocycles. The zero-order valence-electron chi connectivity index (χ0n) is 19.7. The molecule has 0 bridgehead atoms. The van der Waals surface area contributed by atoms with Gasteiger partial charge in [-0.25, -0.2) is 19.7 Å². The fraction of sp³-hybridized carbons (Fsp3) is 0.591. The van der Waals surface area contributed by atoms with E-state index in [4.69, 9.17) is 25.2 Å². The molecule has 2 saturated heterocycles. The van der Waals surface area contributed by atoms with Gasteiger partial charge in [0.25, 0.3) is 0 Å². The second kappa shape index (κ2) is 8.97. The molecule has 1 amide bonds. The summed E-state index contributed by atoms with van der Waals surface area (Å²) >= 11 is 0. The van der Waals surface area contributed by atoms with Crippen molar-refractivity contribution in [3.05, 3.63) is 18.5 Å². The number of anilines is 3. The number of carbonyl (C=O) groups excluding carboxylic acids is 1. The van der Waals surface area contributed by atoms with Crippen molar-refractivity contribution in [2.24, 2.45) is 0 Å². The van der Waals surface area contributed by atoms with E-state index in [1.54, 1.807) is 17.3 Å². The first-order valence-corrected chi connectivity index (χ1v) is 11.2. The molecule has 2 aromatic heterocycles. The number of nitrogens with zero attached hydrogens (tertiary/aromatic N) is 6. The number of hydrogen-bond donors (Lipinski definition) is 2. The molecule has 2 fully saturated rings. The first-order valence-electron chi connectivity index (χ1n) is 11.2. The largest absolute Gasteiger partial charge is 0.444 e. The summed E-state index contributed by atoms with van der Waals surface area (Å²) in [6.07, 6.45) is 3.77. The Hall–Kier alpha value is -3.21.